The zero-order valence-corrected chi connectivity index (χ0v) is 16.1. The first-order chi connectivity index (χ1) is 13.5. The molecule has 0 saturated heterocycles. The van der Waals surface area contributed by atoms with Gasteiger partial charge in [-0.1, -0.05) is 0 Å². The number of carbonyl (C=O) groups excluding carboxylic acids is 1. The number of hydrogen-bond donors (Lipinski definition) is 0. The lowest BCUT2D eigenvalue weighted by Crippen LogP contribution is -2.11. The average Bonchev–Trinajstić information content (AvgIpc) is 3.11. The van der Waals surface area contributed by atoms with Crippen LogP contribution in [0.2, 0.25) is 0 Å². The highest BCUT2D eigenvalue weighted by Gasteiger charge is 2.18. The Labute approximate surface area is 163 Å². The number of aryl methyl sites for hydroxylation is 1. The predicted molar refractivity (Wildman–Crippen MR) is 103 cm³/mol. The Bertz CT molecular complexity index is 1220. The highest BCUT2D eigenvalue weighted by molar-refractivity contribution is 7.21. The zero-order valence-electron chi connectivity index (χ0n) is 15.3. The Morgan fingerprint density at radius 2 is 1.96 bits per heavy atom. The summed E-state index contributed by atoms with van der Waals surface area (Å²) in [7, 11) is 1.49. The van der Waals surface area contributed by atoms with Crippen molar-refractivity contribution < 1.29 is 18.7 Å². The van der Waals surface area contributed by atoms with E-state index in [0.29, 0.717) is 32.1 Å². The smallest absolute Gasteiger partial charge is 0.378 e. The van der Waals surface area contributed by atoms with E-state index in [-0.39, 0.29) is 17.9 Å². The van der Waals surface area contributed by atoms with Crippen molar-refractivity contribution in [1.29, 1.82) is 0 Å². The van der Waals surface area contributed by atoms with Gasteiger partial charge in [0.25, 0.3) is 5.82 Å². The standard InChI is InChI=1S/C19H15FN4O3S/c1-4-27-19(25)17-21-13-6-9(2)5-11(15(13)23-24-17)18-22-16-12(20)7-10(26-3)8-14(16)28-18/h5-8H,4H2,1-3H3. The summed E-state index contributed by atoms with van der Waals surface area (Å²) in [6.07, 6.45) is 0. The SMILES string of the molecule is CCOC(=O)c1nnc2c(-c3nc4c(F)cc(OC)cc4s3)cc(C)cc2n1. The van der Waals surface area contributed by atoms with Crippen molar-refractivity contribution >= 4 is 38.6 Å². The van der Waals surface area contributed by atoms with Crippen LogP contribution >= 0.6 is 11.3 Å². The molecule has 0 bridgehead atoms. The molecule has 2 aromatic heterocycles. The Hall–Kier alpha value is -3.20. The number of carbonyl (C=O) groups is 1. The quantitative estimate of drug-likeness (QED) is 0.481. The summed E-state index contributed by atoms with van der Waals surface area (Å²) in [4.78, 5) is 20.6. The minimum Gasteiger partial charge on any atom is -0.497 e. The predicted octanol–water partition coefficient (Wildman–Crippen LogP) is 3.93. The van der Waals surface area contributed by atoms with Crippen molar-refractivity contribution in [2.45, 2.75) is 13.8 Å². The molecular weight excluding hydrogens is 383 g/mol. The molecule has 142 valence electrons. The van der Waals surface area contributed by atoms with E-state index in [2.05, 4.69) is 20.2 Å². The summed E-state index contributed by atoms with van der Waals surface area (Å²) in [5, 5.41) is 8.63. The number of hydrogen-bond acceptors (Lipinski definition) is 8. The van der Waals surface area contributed by atoms with Gasteiger partial charge >= 0.3 is 5.97 Å². The third kappa shape index (κ3) is 3.13. The van der Waals surface area contributed by atoms with E-state index in [0.717, 1.165) is 5.56 Å². The lowest BCUT2D eigenvalue weighted by molar-refractivity contribution is 0.0511. The van der Waals surface area contributed by atoms with Crippen molar-refractivity contribution in [3.05, 3.63) is 41.5 Å². The van der Waals surface area contributed by atoms with Gasteiger partial charge in [-0.2, -0.15) is 0 Å². The van der Waals surface area contributed by atoms with Crippen LogP contribution in [0.4, 0.5) is 4.39 Å². The maximum absolute atomic E-state index is 14.3. The number of halogens is 1. The average molecular weight is 398 g/mol. The molecule has 2 heterocycles. The van der Waals surface area contributed by atoms with Gasteiger partial charge in [0, 0.05) is 11.6 Å². The molecule has 0 radical (unpaired) electrons. The number of nitrogens with zero attached hydrogens (tertiary/aromatic N) is 4. The van der Waals surface area contributed by atoms with E-state index < -0.39 is 11.8 Å². The fourth-order valence-corrected chi connectivity index (χ4v) is 3.85. The molecule has 0 aliphatic carbocycles. The number of benzene rings is 2. The number of methoxy groups -OCH3 is 1. The minimum absolute atomic E-state index is 0.106. The first-order valence-corrected chi connectivity index (χ1v) is 9.28. The molecule has 4 aromatic rings. The first kappa shape index (κ1) is 18.2. The zero-order chi connectivity index (χ0) is 19.8. The summed E-state index contributed by atoms with van der Waals surface area (Å²) < 4.78 is 25.1. The van der Waals surface area contributed by atoms with E-state index in [1.54, 1.807) is 19.1 Å². The van der Waals surface area contributed by atoms with E-state index >= 15 is 0 Å². The number of esters is 1. The van der Waals surface area contributed by atoms with Gasteiger partial charge in [-0.05, 0) is 37.6 Å². The van der Waals surface area contributed by atoms with Gasteiger partial charge in [-0.3, -0.25) is 0 Å². The van der Waals surface area contributed by atoms with Crippen LogP contribution in [0, 0.1) is 12.7 Å². The highest BCUT2D eigenvalue weighted by atomic mass is 32.1. The van der Waals surface area contributed by atoms with Crippen LogP contribution < -0.4 is 4.74 Å². The Kier molecular flexibility index (Phi) is 4.60. The van der Waals surface area contributed by atoms with E-state index in [1.807, 2.05) is 13.0 Å². The van der Waals surface area contributed by atoms with Crippen molar-refractivity contribution in [3.8, 4) is 16.3 Å². The van der Waals surface area contributed by atoms with Gasteiger partial charge in [0.15, 0.2) is 5.82 Å². The topological polar surface area (TPSA) is 87.1 Å². The number of fused-ring (bicyclic) bond motifs is 2. The van der Waals surface area contributed by atoms with Gasteiger partial charge < -0.3 is 9.47 Å². The fourth-order valence-electron chi connectivity index (χ4n) is 2.83. The third-order valence-corrected chi connectivity index (χ3v) is 5.09. The van der Waals surface area contributed by atoms with Gasteiger partial charge in [-0.25, -0.2) is 19.2 Å². The summed E-state index contributed by atoms with van der Waals surface area (Å²) >= 11 is 1.32. The molecule has 0 aliphatic rings. The van der Waals surface area contributed by atoms with Crippen molar-refractivity contribution in [2.24, 2.45) is 0 Å². The van der Waals surface area contributed by atoms with Gasteiger partial charge in [0.1, 0.15) is 21.8 Å². The molecule has 0 saturated carbocycles. The van der Waals surface area contributed by atoms with E-state index in [4.69, 9.17) is 9.47 Å². The summed E-state index contributed by atoms with van der Waals surface area (Å²) in [6.45, 7) is 3.82. The molecule has 0 unspecified atom stereocenters. The summed E-state index contributed by atoms with van der Waals surface area (Å²) in [5.74, 6) is -0.766. The maximum atomic E-state index is 14.3. The molecular formula is C19H15FN4O3S. The largest absolute Gasteiger partial charge is 0.497 e. The molecule has 0 fully saturated rings. The van der Waals surface area contributed by atoms with Gasteiger partial charge in [-0.15, -0.1) is 21.5 Å². The molecule has 7 nitrogen and oxygen atoms in total. The fraction of sp³-hybridized carbons (Fsp3) is 0.211. The molecule has 0 amide bonds. The van der Waals surface area contributed by atoms with Crippen LogP contribution in [0.3, 0.4) is 0 Å². The molecule has 2 aromatic carbocycles. The van der Waals surface area contributed by atoms with Crippen LogP contribution in [0.15, 0.2) is 24.3 Å². The third-order valence-electron chi connectivity index (χ3n) is 4.05. The van der Waals surface area contributed by atoms with Crippen molar-refractivity contribution in [3.63, 3.8) is 0 Å². The monoisotopic (exact) mass is 398 g/mol. The molecule has 0 atom stereocenters. The van der Waals surface area contributed by atoms with Crippen LogP contribution in [0.25, 0.3) is 31.8 Å². The minimum atomic E-state index is -0.630. The van der Waals surface area contributed by atoms with Crippen LogP contribution in [0.5, 0.6) is 5.75 Å². The van der Waals surface area contributed by atoms with Crippen LogP contribution in [0.1, 0.15) is 23.1 Å². The number of rotatable bonds is 4. The number of ether oxygens (including phenoxy) is 2. The maximum Gasteiger partial charge on any atom is 0.378 e. The number of thiazole rings is 1. The normalized spacial score (nSPS) is 11.1. The number of aromatic nitrogens is 4. The van der Waals surface area contributed by atoms with Gasteiger partial charge in [0.2, 0.25) is 0 Å². The molecule has 4 rings (SSSR count). The lowest BCUT2D eigenvalue weighted by Gasteiger charge is -2.05. The molecule has 0 aliphatic heterocycles. The first-order valence-electron chi connectivity index (χ1n) is 8.46. The second kappa shape index (κ2) is 7.08. The van der Waals surface area contributed by atoms with Crippen LogP contribution in [-0.4, -0.2) is 39.9 Å². The summed E-state index contributed by atoms with van der Waals surface area (Å²) in [5.41, 5.74) is 2.80. The lowest BCUT2D eigenvalue weighted by atomic mass is 10.1. The van der Waals surface area contributed by atoms with E-state index in [9.17, 15) is 9.18 Å². The summed E-state index contributed by atoms with van der Waals surface area (Å²) in [6, 6.07) is 6.72. The second-order valence-electron chi connectivity index (χ2n) is 6.01. The molecule has 28 heavy (non-hydrogen) atoms. The van der Waals surface area contributed by atoms with Gasteiger partial charge in [0.05, 0.1) is 23.9 Å². The molecule has 0 N–H and O–H groups in total. The van der Waals surface area contributed by atoms with Crippen molar-refractivity contribution in [2.75, 3.05) is 13.7 Å². The van der Waals surface area contributed by atoms with Crippen molar-refractivity contribution in [1.82, 2.24) is 20.2 Å². The van der Waals surface area contributed by atoms with E-state index in [1.165, 1.54) is 24.5 Å². The molecule has 0 spiro atoms. The van der Waals surface area contributed by atoms with Crippen LogP contribution in [-0.2, 0) is 4.74 Å². The molecule has 9 heteroatoms. The Balaban J connectivity index is 1.90. The highest BCUT2D eigenvalue weighted by Crippen LogP contribution is 2.36. The Morgan fingerprint density at radius 1 is 1.14 bits per heavy atom. The second-order valence-corrected chi connectivity index (χ2v) is 7.04. The Morgan fingerprint density at radius 3 is 2.71 bits per heavy atom.